The first kappa shape index (κ1) is 7.72. The van der Waals surface area contributed by atoms with E-state index in [1.54, 1.807) is 0 Å². The molecule has 0 fully saturated rings. The van der Waals surface area contributed by atoms with Crippen LogP contribution < -0.4 is 0 Å². The van der Waals surface area contributed by atoms with Crippen LogP contribution in [0.15, 0.2) is 18.2 Å². The highest BCUT2D eigenvalue weighted by Crippen LogP contribution is 2.17. The van der Waals surface area contributed by atoms with Gasteiger partial charge in [-0.1, -0.05) is 6.07 Å². The highest BCUT2D eigenvalue weighted by Gasteiger charge is 2.00. The summed E-state index contributed by atoms with van der Waals surface area (Å²) in [7, 11) is 0. The van der Waals surface area contributed by atoms with Crippen LogP contribution in [-0.4, -0.2) is 11.4 Å². The third-order valence-electron chi connectivity index (χ3n) is 1.35. The number of rotatable bonds is 2. The van der Waals surface area contributed by atoms with Gasteiger partial charge in [0.15, 0.2) is 0 Å². The number of halogens is 1. The van der Waals surface area contributed by atoms with Crippen molar-refractivity contribution >= 4 is 6.29 Å². The van der Waals surface area contributed by atoms with Gasteiger partial charge in [0.2, 0.25) is 0 Å². The summed E-state index contributed by atoms with van der Waals surface area (Å²) in [6.07, 6.45) is 0.777. The van der Waals surface area contributed by atoms with E-state index in [4.69, 9.17) is 5.11 Å². The van der Waals surface area contributed by atoms with Crippen LogP contribution in [0.2, 0.25) is 0 Å². The summed E-state index contributed by atoms with van der Waals surface area (Å²) in [5.41, 5.74) is 0.446. The zero-order valence-electron chi connectivity index (χ0n) is 5.75. The quantitative estimate of drug-likeness (QED) is 0.651. The predicted octanol–water partition coefficient (Wildman–Crippen LogP) is 1.27. The zero-order chi connectivity index (χ0) is 8.27. The first-order valence-corrected chi connectivity index (χ1v) is 3.15. The Morgan fingerprint density at radius 3 is 2.82 bits per heavy atom. The second-order valence-electron chi connectivity index (χ2n) is 2.14. The second kappa shape index (κ2) is 3.14. The monoisotopic (exact) mass is 154 g/mol. The molecule has 0 aromatic heterocycles. The number of phenols is 1. The lowest BCUT2D eigenvalue weighted by Gasteiger charge is -1.98. The van der Waals surface area contributed by atoms with Gasteiger partial charge in [-0.25, -0.2) is 4.39 Å². The Labute approximate surface area is 63.3 Å². The maximum absolute atomic E-state index is 12.3. The van der Waals surface area contributed by atoms with Crippen molar-refractivity contribution in [3.63, 3.8) is 0 Å². The van der Waals surface area contributed by atoms with Gasteiger partial charge in [0, 0.05) is 18.1 Å². The van der Waals surface area contributed by atoms with Crippen LogP contribution in [0.5, 0.6) is 5.75 Å². The summed E-state index contributed by atoms with van der Waals surface area (Å²) in [4.78, 5) is 10.0. The normalized spacial score (nSPS) is 9.55. The molecule has 0 bridgehead atoms. The standard InChI is InChI=1S/C8H7FO2/c9-7-2-1-6(3-4-10)8(11)5-7/h1-2,4-5,11H,3H2. The first-order chi connectivity index (χ1) is 5.24. The van der Waals surface area contributed by atoms with Crippen molar-refractivity contribution in [2.24, 2.45) is 0 Å². The SMILES string of the molecule is O=CCc1ccc(F)cc1O. The fraction of sp³-hybridized carbons (Fsp3) is 0.125. The van der Waals surface area contributed by atoms with Gasteiger partial charge < -0.3 is 9.90 Å². The van der Waals surface area contributed by atoms with Crippen LogP contribution >= 0.6 is 0 Å². The lowest BCUT2D eigenvalue weighted by atomic mass is 10.1. The summed E-state index contributed by atoms with van der Waals surface area (Å²) in [6, 6.07) is 3.58. The highest BCUT2D eigenvalue weighted by molar-refractivity contribution is 5.57. The van der Waals surface area contributed by atoms with Crippen LogP contribution in [0.1, 0.15) is 5.56 Å². The molecule has 11 heavy (non-hydrogen) atoms. The molecule has 0 aliphatic rings. The van der Waals surface area contributed by atoms with Crippen molar-refractivity contribution in [2.75, 3.05) is 0 Å². The van der Waals surface area contributed by atoms with Crippen molar-refractivity contribution in [1.29, 1.82) is 0 Å². The topological polar surface area (TPSA) is 37.3 Å². The number of hydrogen-bond donors (Lipinski definition) is 1. The molecule has 0 heterocycles. The zero-order valence-corrected chi connectivity index (χ0v) is 5.75. The smallest absolute Gasteiger partial charge is 0.126 e. The van der Waals surface area contributed by atoms with Gasteiger partial charge in [-0.3, -0.25) is 0 Å². The maximum Gasteiger partial charge on any atom is 0.126 e. The highest BCUT2D eigenvalue weighted by atomic mass is 19.1. The molecule has 0 unspecified atom stereocenters. The minimum atomic E-state index is -0.503. The molecule has 3 heteroatoms. The molecule has 1 aromatic rings. The average Bonchev–Trinajstić information content (AvgIpc) is 1.95. The molecular weight excluding hydrogens is 147 g/mol. The predicted molar refractivity (Wildman–Crippen MR) is 37.8 cm³/mol. The van der Waals surface area contributed by atoms with Crippen LogP contribution in [0.4, 0.5) is 4.39 Å². The van der Waals surface area contributed by atoms with E-state index in [1.165, 1.54) is 12.1 Å². The van der Waals surface area contributed by atoms with Crippen molar-refractivity contribution in [2.45, 2.75) is 6.42 Å². The molecule has 0 radical (unpaired) electrons. The molecule has 0 spiro atoms. The number of aldehydes is 1. The lowest BCUT2D eigenvalue weighted by molar-refractivity contribution is -0.107. The Bertz CT molecular complexity index is 271. The fourth-order valence-electron chi connectivity index (χ4n) is 0.799. The number of carbonyl (C=O) groups excluding carboxylic acids is 1. The van der Waals surface area contributed by atoms with Crippen LogP contribution in [0.3, 0.4) is 0 Å². The van der Waals surface area contributed by atoms with Crippen molar-refractivity contribution in [1.82, 2.24) is 0 Å². The largest absolute Gasteiger partial charge is 0.508 e. The Morgan fingerprint density at radius 2 is 2.27 bits per heavy atom. The average molecular weight is 154 g/mol. The van der Waals surface area contributed by atoms with Crippen LogP contribution in [0.25, 0.3) is 0 Å². The minimum Gasteiger partial charge on any atom is -0.508 e. The van der Waals surface area contributed by atoms with E-state index in [0.29, 0.717) is 11.8 Å². The van der Waals surface area contributed by atoms with Gasteiger partial charge in [-0.2, -0.15) is 0 Å². The molecule has 1 rings (SSSR count). The third-order valence-corrected chi connectivity index (χ3v) is 1.35. The summed E-state index contributed by atoms with van der Waals surface area (Å²) in [5.74, 6) is -0.672. The number of aromatic hydroxyl groups is 1. The maximum atomic E-state index is 12.3. The second-order valence-corrected chi connectivity index (χ2v) is 2.14. The lowest BCUT2D eigenvalue weighted by Crippen LogP contribution is -1.86. The summed E-state index contributed by atoms with van der Waals surface area (Å²) < 4.78 is 12.3. The minimum absolute atomic E-state index is 0.117. The molecule has 2 nitrogen and oxygen atoms in total. The molecule has 0 amide bonds. The van der Waals surface area contributed by atoms with E-state index in [2.05, 4.69) is 0 Å². The van der Waals surface area contributed by atoms with Gasteiger partial charge >= 0.3 is 0 Å². The van der Waals surface area contributed by atoms with E-state index in [1.807, 2.05) is 0 Å². The van der Waals surface area contributed by atoms with Gasteiger partial charge in [0.25, 0.3) is 0 Å². The molecule has 0 saturated heterocycles. The number of carbonyl (C=O) groups is 1. The van der Waals surface area contributed by atoms with Crippen molar-refractivity contribution in [3.8, 4) is 5.75 Å². The Hall–Kier alpha value is -1.38. The number of phenolic OH excluding ortho intramolecular Hbond substituents is 1. The van der Waals surface area contributed by atoms with Gasteiger partial charge in [0.1, 0.15) is 17.9 Å². The van der Waals surface area contributed by atoms with E-state index >= 15 is 0 Å². The molecule has 0 saturated carbocycles. The molecule has 0 aliphatic carbocycles. The molecular formula is C8H7FO2. The van der Waals surface area contributed by atoms with E-state index in [0.717, 1.165) is 6.07 Å². The first-order valence-electron chi connectivity index (χ1n) is 3.15. The Balaban J connectivity index is 2.98. The summed E-state index contributed by atoms with van der Waals surface area (Å²) in [5, 5.41) is 9.02. The molecule has 0 atom stereocenters. The van der Waals surface area contributed by atoms with Gasteiger partial charge in [0.05, 0.1) is 0 Å². The Kier molecular flexibility index (Phi) is 2.21. The van der Waals surface area contributed by atoms with Crippen LogP contribution in [0, 0.1) is 5.82 Å². The van der Waals surface area contributed by atoms with E-state index in [-0.39, 0.29) is 12.2 Å². The number of benzene rings is 1. The van der Waals surface area contributed by atoms with Gasteiger partial charge in [-0.15, -0.1) is 0 Å². The Morgan fingerprint density at radius 1 is 1.55 bits per heavy atom. The van der Waals surface area contributed by atoms with Crippen molar-refractivity contribution < 1.29 is 14.3 Å². The molecule has 0 aliphatic heterocycles. The molecule has 1 N–H and O–H groups in total. The van der Waals surface area contributed by atoms with Gasteiger partial charge in [-0.05, 0) is 6.07 Å². The summed E-state index contributed by atoms with van der Waals surface area (Å²) in [6.45, 7) is 0. The fourth-order valence-corrected chi connectivity index (χ4v) is 0.799. The van der Waals surface area contributed by atoms with E-state index < -0.39 is 5.82 Å². The summed E-state index contributed by atoms with van der Waals surface area (Å²) >= 11 is 0. The van der Waals surface area contributed by atoms with Crippen molar-refractivity contribution in [3.05, 3.63) is 29.6 Å². The molecule has 1 aromatic carbocycles. The van der Waals surface area contributed by atoms with E-state index in [9.17, 15) is 9.18 Å². The third kappa shape index (κ3) is 1.77. The van der Waals surface area contributed by atoms with Crippen LogP contribution in [-0.2, 0) is 11.2 Å². The number of hydrogen-bond acceptors (Lipinski definition) is 2. The molecule has 58 valence electrons.